The molecule has 2 heterocycles. The van der Waals surface area contributed by atoms with Crippen molar-refractivity contribution in [1.82, 2.24) is 9.38 Å². The van der Waals surface area contributed by atoms with E-state index in [0.717, 1.165) is 22.8 Å². The number of benzene rings is 1. The third-order valence-electron chi connectivity index (χ3n) is 3.21. The zero-order valence-corrected chi connectivity index (χ0v) is 12.0. The van der Waals surface area contributed by atoms with Gasteiger partial charge in [0.1, 0.15) is 0 Å². The first-order valence-electron chi connectivity index (χ1n) is 6.55. The zero-order chi connectivity index (χ0) is 13.9. The summed E-state index contributed by atoms with van der Waals surface area (Å²) in [6, 6.07) is 9.78. The van der Waals surface area contributed by atoms with Crippen molar-refractivity contribution in [2.24, 2.45) is 0 Å². The molecule has 0 saturated carbocycles. The fourth-order valence-electron chi connectivity index (χ4n) is 2.17. The second kappa shape index (κ2) is 5.46. The summed E-state index contributed by atoms with van der Waals surface area (Å²) < 4.78 is 1.56. The highest BCUT2D eigenvalue weighted by atomic mass is 32.1. The quantitative estimate of drug-likeness (QED) is 0.801. The number of thiazole rings is 1. The van der Waals surface area contributed by atoms with E-state index >= 15 is 0 Å². The molecule has 0 unspecified atom stereocenters. The molecule has 0 bridgehead atoms. The average molecular weight is 285 g/mol. The highest BCUT2D eigenvalue weighted by Crippen LogP contribution is 2.16. The second-order valence-corrected chi connectivity index (χ2v) is 5.38. The van der Waals surface area contributed by atoms with E-state index < -0.39 is 0 Å². The van der Waals surface area contributed by atoms with Crippen LogP contribution in [0.25, 0.3) is 4.96 Å². The van der Waals surface area contributed by atoms with Gasteiger partial charge in [-0.3, -0.25) is 9.20 Å². The van der Waals surface area contributed by atoms with Crippen LogP contribution < -0.4 is 10.9 Å². The molecule has 0 aliphatic heterocycles. The van der Waals surface area contributed by atoms with Crippen molar-refractivity contribution in [3.63, 3.8) is 0 Å². The summed E-state index contributed by atoms with van der Waals surface area (Å²) >= 11 is 1.47. The Morgan fingerprint density at radius 2 is 2.20 bits per heavy atom. The van der Waals surface area contributed by atoms with E-state index in [0.29, 0.717) is 6.54 Å². The number of fused-ring (bicyclic) bond motifs is 1. The molecule has 0 spiro atoms. The molecular weight excluding hydrogens is 270 g/mol. The molecule has 0 fully saturated rings. The van der Waals surface area contributed by atoms with Gasteiger partial charge in [0, 0.05) is 23.3 Å². The number of para-hydroxylation sites is 1. The first-order valence-corrected chi connectivity index (χ1v) is 7.43. The van der Waals surface area contributed by atoms with Gasteiger partial charge in [-0.05, 0) is 18.1 Å². The Hall–Kier alpha value is -2.14. The third-order valence-corrected chi connectivity index (χ3v) is 3.97. The van der Waals surface area contributed by atoms with Crippen LogP contribution in [0.15, 0.2) is 46.7 Å². The van der Waals surface area contributed by atoms with Crippen LogP contribution >= 0.6 is 11.3 Å². The first-order chi connectivity index (χ1) is 9.78. The maximum absolute atomic E-state index is 11.9. The Labute approximate surface area is 120 Å². The Bertz CT molecular complexity index is 791. The van der Waals surface area contributed by atoms with Crippen molar-refractivity contribution in [1.29, 1.82) is 0 Å². The molecule has 0 aliphatic rings. The highest BCUT2D eigenvalue weighted by molar-refractivity contribution is 7.15. The Morgan fingerprint density at radius 1 is 1.35 bits per heavy atom. The predicted molar refractivity (Wildman–Crippen MR) is 82.5 cm³/mol. The molecular formula is C15H15N3OS. The van der Waals surface area contributed by atoms with Crippen molar-refractivity contribution >= 4 is 22.0 Å². The largest absolute Gasteiger partial charge is 0.379 e. The maximum Gasteiger partial charge on any atom is 0.258 e. The van der Waals surface area contributed by atoms with Crippen molar-refractivity contribution in [2.75, 3.05) is 5.32 Å². The molecule has 1 N–H and O–H groups in total. The second-order valence-electron chi connectivity index (χ2n) is 4.51. The summed E-state index contributed by atoms with van der Waals surface area (Å²) in [5.41, 5.74) is 3.10. The number of rotatable bonds is 4. The van der Waals surface area contributed by atoms with Crippen LogP contribution in [-0.2, 0) is 13.0 Å². The fourth-order valence-corrected chi connectivity index (χ4v) is 2.90. The number of aromatic nitrogens is 2. The molecule has 4 nitrogen and oxygen atoms in total. The lowest BCUT2D eigenvalue weighted by molar-refractivity contribution is 0.985. The molecule has 1 aromatic carbocycles. The molecule has 5 heteroatoms. The minimum atomic E-state index is -0.0307. The smallest absolute Gasteiger partial charge is 0.258 e. The van der Waals surface area contributed by atoms with Gasteiger partial charge < -0.3 is 5.32 Å². The van der Waals surface area contributed by atoms with Gasteiger partial charge in [0.25, 0.3) is 5.56 Å². The lowest BCUT2D eigenvalue weighted by Gasteiger charge is -2.10. The van der Waals surface area contributed by atoms with E-state index in [1.807, 2.05) is 17.5 Å². The minimum Gasteiger partial charge on any atom is -0.379 e. The van der Waals surface area contributed by atoms with Crippen LogP contribution in [0.4, 0.5) is 5.69 Å². The lowest BCUT2D eigenvalue weighted by atomic mass is 10.1. The zero-order valence-electron chi connectivity index (χ0n) is 11.2. The Kier molecular flexibility index (Phi) is 3.52. The SMILES string of the molecule is CCc1ccccc1NCc1cc(=O)n2ccsc2n1. The molecule has 20 heavy (non-hydrogen) atoms. The van der Waals surface area contributed by atoms with Crippen molar-refractivity contribution < 1.29 is 0 Å². The van der Waals surface area contributed by atoms with Gasteiger partial charge >= 0.3 is 0 Å². The normalized spacial score (nSPS) is 10.8. The monoisotopic (exact) mass is 285 g/mol. The van der Waals surface area contributed by atoms with Crippen molar-refractivity contribution in [3.05, 3.63) is 63.5 Å². The number of hydrogen-bond donors (Lipinski definition) is 1. The van der Waals surface area contributed by atoms with Crippen LogP contribution in [0.3, 0.4) is 0 Å². The number of anilines is 1. The highest BCUT2D eigenvalue weighted by Gasteiger charge is 2.04. The first kappa shape index (κ1) is 12.9. The number of aryl methyl sites for hydroxylation is 1. The van der Waals surface area contributed by atoms with Crippen LogP contribution in [0.1, 0.15) is 18.2 Å². The molecule has 3 aromatic rings. The van der Waals surface area contributed by atoms with Crippen molar-refractivity contribution in [3.8, 4) is 0 Å². The van der Waals surface area contributed by atoms with E-state index in [9.17, 15) is 4.79 Å². The lowest BCUT2D eigenvalue weighted by Crippen LogP contribution is -2.15. The topological polar surface area (TPSA) is 46.4 Å². The fraction of sp³-hybridized carbons (Fsp3) is 0.200. The molecule has 3 rings (SSSR count). The van der Waals surface area contributed by atoms with Crippen LogP contribution in [0, 0.1) is 0 Å². The van der Waals surface area contributed by atoms with E-state index in [1.54, 1.807) is 16.7 Å². The average Bonchev–Trinajstić information content (AvgIpc) is 2.94. The van der Waals surface area contributed by atoms with Crippen LogP contribution in [-0.4, -0.2) is 9.38 Å². The van der Waals surface area contributed by atoms with Crippen LogP contribution in [0.2, 0.25) is 0 Å². The molecule has 102 valence electrons. The van der Waals surface area contributed by atoms with Crippen molar-refractivity contribution in [2.45, 2.75) is 19.9 Å². The molecule has 0 amide bonds. The Morgan fingerprint density at radius 3 is 3.05 bits per heavy atom. The summed E-state index contributed by atoms with van der Waals surface area (Å²) in [6.07, 6.45) is 2.72. The third kappa shape index (κ3) is 2.44. The van der Waals surface area contributed by atoms with Gasteiger partial charge in [-0.1, -0.05) is 25.1 Å². The number of nitrogens with zero attached hydrogens (tertiary/aromatic N) is 2. The number of nitrogens with one attached hydrogen (secondary N) is 1. The molecule has 0 saturated heterocycles. The van der Waals surface area contributed by atoms with Gasteiger partial charge in [-0.25, -0.2) is 4.98 Å². The molecule has 2 aromatic heterocycles. The van der Waals surface area contributed by atoms with Gasteiger partial charge in [0.15, 0.2) is 4.96 Å². The summed E-state index contributed by atoms with van der Waals surface area (Å²) in [7, 11) is 0. The van der Waals surface area contributed by atoms with E-state index in [1.165, 1.54) is 16.9 Å². The predicted octanol–water partition coefficient (Wildman–Crippen LogP) is 2.93. The summed E-state index contributed by atoms with van der Waals surface area (Å²) in [5.74, 6) is 0. The maximum atomic E-state index is 11.9. The standard InChI is InChI=1S/C15H15N3OS/c1-2-11-5-3-4-6-13(11)16-10-12-9-14(19)18-7-8-20-15(18)17-12/h3-9,16H,2,10H2,1H3. The summed E-state index contributed by atoms with van der Waals surface area (Å²) in [6.45, 7) is 2.68. The molecule has 0 aliphatic carbocycles. The van der Waals surface area contributed by atoms with Gasteiger partial charge in [-0.2, -0.15) is 0 Å². The number of hydrogen-bond acceptors (Lipinski definition) is 4. The van der Waals surface area contributed by atoms with Gasteiger partial charge in [-0.15, -0.1) is 11.3 Å². The van der Waals surface area contributed by atoms with Gasteiger partial charge in [0.05, 0.1) is 12.2 Å². The van der Waals surface area contributed by atoms with Crippen LogP contribution in [0.5, 0.6) is 0 Å². The summed E-state index contributed by atoms with van der Waals surface area (Å²) in [4.78, 5) is 17.1. The Balaban J connectivity index is 1.85. The minimum absolute atomic E-state index is 0.0307. The molecule has 0 radical (unpaired) electrons. The van der Waals surface area contributed by atoms with E-state index in [2.05, 4.69) is 29.4 Å². The van der Waals surface area contributed by atoms with E-state index in [-0.39, 0.29) is 5.56 Å². The summed E-state index contributed by atoms with van der Waals surface area (Å²) in [5, 5.41) is 5.23. The van der Waals surface area contributed by atoms with E-state index in [4.69, 9.17) is 0 Å². The molecule has 0 atom stereocenters. The van der Waals surface area contributed by atoms with Gasteiger partial charge in [0.2, 0.25) is 0 Å².